The van der Waals surface area contributed by atoms with Crippen molar-refractivity contribution >= 4 is 16.8 Å². The third kappa shape index (κ3) is 2.08. The SMILES string of the molecule is Nc1cc2oc(=O)[nH]c2cc1OCC1CCCC1. The van der Waals surface area contributed by atoms with E-state index in [4.69, 9.17) is 14.9 Å². The van der Waals surface area contributed by atoms with Gasteiger partial charge in [-0.1, -0.05) is 12.8 Å². The summed E-state index contributed by atoms with van der Waals surface area (Å²) in [6.07, 6.45) is 5.03. The lowest BCUT2D eigenvalue weighted by Crippen LogP contribution is -2.09. The van der Waals surface area contributed by atoms with Gasteiger partial charge in [0.25, 0.3) is 0 Å². The van der Waals surface area contributed by atoms with Gasteiger partial charge in [-0.05, 0) is 18.8 Å². The van der Waals surface area contributed by atoms with Crippen LogP contribution in [0.15, 0.2) is 21.3 Å². The quantitative estimate of drug-likeness (QED) is 0.816. The zero-order valence-electron chi connectivity index (χ0n) is 10.1. The number of ether oxygens (including phenoxy) is 1. The van der Waals surface area contributed by atoms with Crippen molar-refractivity contribution in [1.82, 2.24) is 4.98 Å². The van der Waals surface area contributed by atoms with Crippen molar-refractivity contribution in [3.05, 3.63) is 22.7 Å². The van der Waals surface area contributed by atoms with Crippen LogP contribution in [0.3, 0.4) is 0 Å². The maximum Gasteiger partial charge on any atom is 0.417 e. The van der Waals surface area contributed by atoms with Gasteiger partial charge < -0.3 is 14.9 Å². The van der Waals surface area contributed by atoms with Gasteiger partial charge in [0.05, 0.1) is 17.8 Å². The summed E-state index contributed by atoms with van der Waals surface area (Å²) in [7, 11) is 0. The van der Waals surface area contributed by atoms with Gasteiger partial charge >= 0.3 is 5.76 Å². The van der Waals surface area contributed by atoms with E-state index in [2.05, 4.69) is 4.98 Å². The van der Waals surface area contributed by atoms with E-state index in [-0.39, 0.29) is 0 Å². The predicted molar refractivity (Wildman–Crippen MR) is 68.7 cm³/mol. The number of H-pyrrole nitrogens is 1. The molecule has 1 aliphatic carbocycles. The summed E-state index contributed by atoms with van der Waals surface area (Å²) in [5.74, 6) is 0.771. The molecule has 1 aromatic heterocycles. The Morgan fingerprint density at radius 3 is 2.94 bits per heavy atom. The number of nitrogens with one attached hydrogen (secondary N) is 1. The molecule has 0 aliphatic heterocycles. The third-order valence-corrected chi connectivity index (χ3v) is 3.50. The molecule has 0 atom stereocenters. The van der Waals surface area contributed by atoms with Gasteiger partial charge in [0.2, 0.25) is 0 Å². The summed E-state index contributed by atoms with van der Waals surface area (Å²) in [4.78, 5) is 13.7. The second-order valence-corrected chi connectivity index (χ2v) is 4.86. The first kappa shape index (κ1) is 11.2. The topological polar surface area (TPSA) is 81.2 Å². The standard InChI is InChI=1S/C13H16N2O3/c14-9-5-12-10(15-13(16)18-12)6-11(9)17-7-8-3-1-2-4-8/h5-6,8H,1-4,7,14H2,(H,15,16). The van der Waals surface area contributed by atoms with Crippen LogP contribution in [-0.2, 0) is 0 Å². The minimum Gasteiger partial charge on any atom is -0.491 e. The van der Waals surface area contributed by atoms with E-state index >= 15 is 0 Å². The fourth-order valence-electron chi connectivity index (χ4n) is 2.50. The number of benzene rings is 1. The van der Waals surface area contributed by atoms with Crippen LogP contribution in [-0.4, -0.2) is 11.6 Å². The number of nitrogens with two attached hydrogens (primary N) is 1. The lowest BCUT2D eigenvalue weighted by molar-refractivity contribution is 0.253. The van der Waals surface area contributed by atoms with Crippen LogP contribution in [0, 0.1) is 5.92 Å². The number of anilines is 1. The lowest BCUT2D eigenvalue weighted by atomic mass is 10.1. The second-order valence-electron chi connectivity index (χ2n) is 4.86. The molecule has 0 radical (unpaired) electrons. The summed E-state index contributed by atoms with van der Waals surface area (Å²) < 4.78 is 10.7. The first-order valence-electron chi connectivity index (χ1n) is 6.27. The van der Waals surface area contributed by atoms with E-state index in [1.807, 2.05) is 0 Å². The zero-order chi connectivity index (χ0) is 12.5. The van der Waals surface area contributed by atoms with Gasteiger partial charge in [0.1, 0.15) is 5.75 Å². The normalized spacial score (nSPS) is 16.4. The molecule has 1 heterocycles. The Hall–Kier alpha value is -1.91. The Bertz CT molecular complexity index is 608. The number of aromatic amines is 1. The average Bonchev–Trinajstić information content (AvgIpc) is 2.94. The monoisotopic (exact) mass is 248 g/mol. The molecule has 0 bridgehead atoms. The number of aromatic nitrogens is 1. The highest BCUT2D eigenvalue weighted by Gasteiger charge is 2.16. The van der Waals surface area contributed by atoms with Crippen LogP contribution >= 0.6 is 0 Å². The highest BCUT2D eigenvalue weighted by atomic mass is 16.5. The van der Waals surface area contributed by atoms with E-state index in [0.29, 0.717) is 35.1 Å². The van der Waals surface area contributed by atoms with Gasteiger partial charge in [-0.3, -0.25) is 4.98 Å². The highest BCUT2D eigenvalue weighted by Crippen LogP contribution is 2.29. The van der Waals surface area contributed by atoms with Crippen molar-refractivity contribution in [2.24, 2.45) is 5.92 Å². The molecule has 1 saturated carbocycles. The van der Waals surface area contributed by atoms with Gasteiger partial charge in [-0.15, -0.1) is 0 Å². The summed E-state index contributed by atoms with van der Waals surface area (Å²) in [6, 6.07) is 3.35. The Labute approximate surface area is 104 Å². The van der Waals surface area contributed by atoms with Crippen LogP contribution in [0.2, 0.25) is 0 Å². The smallest absolute Gasteiger partial charge is 0.417 e. The van der Waals surface area contributed by atoms with E-state index < -0.39 is 5.76 Å². The molecule has 2 aromatic rings. The van der Waals surface area contributed by atoms with Gasteiger partial charge in [-0.25, -0.2) is 4.79 Å². The molecular weight excluding hydrogens is 232 g/mol. The van der Waals surface area contributed by atoms with E-state index in [1.165, 1.54) is 25.7 Å². The van der Waals surface area contributed by atoms with Gasteiger partial charge in [0.15, 0.2) is 5.58 Å². The second kappa shape index (κ2) is 4.40. The number of oxazole rings is 1. The summed E-state index contributed by atoms with van der Waals surface area (Å²) >= 11 is 0. The molecule has 0 amide bonds. The number of fused-ring (bicyclic) bond motifs is 1. The first-order valence-corrected chi connectivity index (χ1v) is 6.27. The van der Waals surface area contributed by atoms with Crippen LogP contribution in [0.4, 0.5) is 5.69 Å². The van der Waals surface area contributed by atoms with Crippen LogP contribution in [0.1, 0.15) is 25.7 Å². The highest BCUT2D eigenvalue weighted by molar-refractivity contribution is 5.80. The fourth-order valence-corrected chi connectivity index (χ4v) is 2.50. The van der Waals surface area contributed by atoms with Crippen molar-refractivity contribution in [2.75, 3.05) is 12.3 Å². The average molecular weight is 248 g/mol. The summed E-state index contributed by atoms with van der Waals surface area (Å²) in [5, 5.41) is 0. The number of hydrogen-bond acceptors (Lipinski definition) is 4. The molecule has 18 heavy (non-hydrogen) atoms. The van der Waals surface area contributed by atoms with Crippen molar-refractivity contribution in [2.45, 2.75) is 25.7 Å². The van der Waals surface area contributed by atoms with Crippen molar-refractivity contribution < 1.29 is 9.15 Å². The lowest BCUT2D eigenvalue weighted by Gasteiger charge is -2.12. The molecule has 5 nitrogen and oxygen atoms in total. The van der Waals surface area contributed by atoms with E-state index in [1.54, 1.807) is 12.1 Å². The molecule has 5 heteroatoms. The Kier molecular flexibility index (Phi) is 2.74. The minimum atomic E-state index is -0.475. The first-order chi connectivity index (χ1) is 8.72. The molecule has 1 aromatic carbocycles. The molecule has 3 rings (SSSR count). The van der Waals surface area contributed by atoms with Crippen LogP contribution < -0.4 is 16.2 Å². The Balaban J connectivity index is 1.81. The Morgan fingerprint density at radius 2 is 2.17 bits per heavy atom. The molecule has 3 N–H and O–H groups in total. The molecule has 0 saturated heterocycles. The van der Waals surface area contributed by atoms with Gasteiger partial charge in [-0.2, -0.15) is 0 Å². The van der Waals surface area contributed by atoms with E-state index in [9.17, 15) is 4.79 Å². The third-order valence-electron chi connectivity index (χ3n) is 3.50. The molecule has 0 unspecified atom stereocenters. The van der Waals surface area contributed by atoms with E-state index in [0.717, 1.165) is 0 Å². The zero-order valence-corrected chi connectivity index (χ0v) is 10.1. The number of rotatable bonds is 3. The minimum absolute atomic E-state index is 0.464. The molecule has 0 spiro atoms. The molecular formula is C13H16N2O3. The molecule has 96 valence electrons. The van der Waals surface area contributed by atoms with Crippen molar-refractivity contribution in [1.29, 1.82) is 0 Å². The number of nitrogen functional groups attached to an aromatic ring is 1. The predicted octanol–water partition coefficient (Wildman–Crippen LogP) is 2.27. The van der Waals surface area contributed by atoms with Crippen LogP contribution in [0.5, 0.6) is 5.75 Å². The van der Waals surface area contributed by atoms with Crippen molar-refractivity contribution in [3.8, 4) is 5.75 Å². The maximum atomic E-state index is 11.1. The summed E-state index contributed by atoms with van der Waals surface area (Å²) in [6.45, 7) is 0.692. The Morgan fingerprint density at radius 1 is 1.39 bits per heavy atom. The molecule has 1 fully saturated rings. The molecule has 1 aliphatic rings. The number of hydrogen-bond donors (Lipinski definition) is 2. The maximum absolute atomic E-state index is 11.1. The summed E-state index contributed by atoms with van der Waals surface area (Å²) in [5.41, 5.74) is 7.47. The van der Waals surface area contributed by atoms with Crippen molar-refractivity contribution in [3.63, 3.8) is 0 Å². The van der Waals surface area contributed by atoms with Gasteiger partial charge in [0, 0.05) is 12.1 Å². The fraction of sp³-hybridized carbons (Fsp3) is 0.462. The largest absolute Gasteiger partial charge is 0.491 e. The van der Waals surface area contributed by atoms with Crippen LogP contribution in [0.25, 0.3) is 11.1 Å².